The SMILES string of the molecule is CN(C)c1cccc(CCCCO)c1. The van der Waals surface area contributed by atoms with Gasteiger partial charge in [-0.3, -0.25) is 0 Å². The minimum Gasteiger partial charge on any atom is -0.396 e. The van der Waals surface area contributed by atoms with Crippen molar-refractivity contribution in [3.63, 3.8) is 0 Å². The Morgan fingerprint density at radius 3 is 2.64 bits per heavy atom. The maximum Gasteiger partial charge on any atom is 0.0431 e. The van der Waals surface area contributed by atoms with Crippen molar-refractivity contribution in [1.82, 2.24) is 0 Å². The molecule has 0 bridgehead atoms. The number of aliphatic hydroxyl groups excluding tert-OH is 1. The van der Waals surface area contributed by atoms with Crippen LogP contribution in [0, 0.1) is 0 Å². The molecule has 0 radical (unpaired) electrons. The normalized spacial score (nSPS) is 10.2. The van der Waals surface area contributed by atoms with Gasteiger partial charge in [0.25, 0.3) is 0 Å². The number of unbranched alkanes of at least 4 members (excludes halogenated alkanes) is 1. The highest BCUT2D eigenvalue weighted by molar-refractivity contribution is 5.47. The van der Waals surface area contributed by atoms with Crippen molar-refractivity contribution in [3.8, 4) is 0 Å². The lowest BCUT2D eigenvalue weighted by atomic mass is 10.1. The van der Waals surface area contributed by atoms with Crippen molar-refractivity contribution in [2.45, 2.75) is 19.3 Å². The van der Waals surface area contributed by atoms with Gasteiger partial charge in [-0.1, -0.05) is 12.1 Å². The van der Waals surface area contributed by atoms with Gasteiger partial charge in [0.15, 0.2) is 0 Å². The summed E-state index contributed by atoms with van der Waals surface area (Å²) in [7, 11) is 4.10. The topological polar surface area (TPSA) is 23.5 Å². The van der Waals surface area contributed by atoms with Crippen LogP contribution in [0.1, 0.15) is 18.4 Å². The summed E-state index contributed by atoms with van der Waals surface area (Å²) in [6.07, 6.45) is 3.02. The first kappa shape index (κ1) is 11.1. The summed E-state index contributed by atoms with van der Waals surface area (Å²) in [5.74, 6) is 0. The Labute approximate surface area is 86.2 Å². The van der Waals surface area contributed by atoms with E-state index in [-0.39, 0.29) is 0 Å². The molecular formula is C12H19NO. The molecule has 0 aromatic heterocycles. The zero-order valence-electron chi connectivity index (χ0n) is 9.03. The molecule has 0 unspecified atom stereocenters. The van der Waals surface area contributed by atoms with Crippen LogP contribution in [0.4, 0.5) is 5.69 Å². The van der Waals surface area contributed by atoms with Gasteiger partial charge >= 0.3 is 0 Å². The Bertz CT molecular complexity index is 271. The van der Waals surface area contributed by atoms with E-state index in [0.29, 0.717) is 6.61 Å². The third-order valence-electron chi connectivity index (χ3n) is 2.30. The molecular weight excluding hydrogens is 174 g/mol. The number of aryl methyl sites for hydroxylation is 1. The second-order valence-corrected chi connectivity index (χ2v) is 3.75. The fourth-order valence-corrected chi connectivity index (χ4v) is 1.43. The minimum absolute atomic E-state index is 0.299. The van der Waals surface area contributed by atoms with E-state index < -0.39 is 0 Å². The van der Waals surface area contributed by atoms with E-state index >= 15 is 0 Å². The first-order valence-corrected chi connectivity index (χ1v) is 5.11. The summed E-state index contributed by atoms with van der Waals surface area (Å²) in [5.41, 5.74) is 2.59. The molecule has 1 aromatic carbocycles. The van der Waals surface area contributed by atoms with E-state index in [1.54, 1.807) is 0 Å². The number of rotatable bonds is 5. The predicted octanol–water partition coefficient (Wildman–Crippen LogP) is 2.07. The second-order valence-electron chi connectivity index (χ2n) is 3.75. The van der Waals surface area contributed by atoms with E-state index in [9.17, 15) is 0 Å². The molecule has 78 valence electrons. The number of hydrogen-bond donors (Lipinski definition) is 1. The first-order chi connectivity index (χ1) is 6.74. The number of hydrogen-bond acceptors (Lipinski definition) is 2. The molecule has 0 aliphatic carbocycles. The van der Waals surface area contributed by atoms with Crippen molar-refractivity contribution in [2.24, 2.45) is 0 Å². The van der Waals surface area contributed by atoms with Gasteiger partial charge in [-0.05, 0) is 37.0 Å². The number of benzene rings is 1. The molecule has 1 N–H and O–H groups in total. The average molecular weight is 193 g/mol. The van der Waals surface area contributed by atoms with Gasteiger partial charge in [0.05, 0.1) is 0 Å². The molecule has 0 spiro atoms. The number of anilines is 1. The largest absolute Gasteiger partial charge is 0.396 e. The fraction of sp³-hybridized carbons (Fsp3) is 0.500. The third-order valence-corrected chi connectivity index (χ3v) is 2.30. The molecule has 0 amide bonds. The van der Waals surface area contributed by atoms with Crippen molar-refractivity contribution in [3.05, 3.63) is 29.8 Å². The fourth-order valence-electron chi connectivity index (χ4n) is 1.43. The van der Waals surface area contributed by atoms with Crippen LogP contribution in [0.15, 0.2) is 24.3 Å². The summed E-state index contributed by atoms with van der Waals surface area (Å²) in [6.45, 7) is 0.299. The summed E-state index contributed by atoms with van der Waals surface area (Å²) >= 11 is 0. The predicted molar refractivity (Wildman–Crippen MR) is 60.8 cm³/mol. The maximum atomic E-state index is 8.68. The summed E-state index contributed by atoms with van der Waals surface area (Å²) in [4.78, 5) is 2.11. The van der Waals surface area contributed by atoms with Gasteiger partial charge in [0.2, 0.25) is 0 Å². The Kier molecular flexibility index (Phi) is 4.47. The second kappa shape index (κ2) is 5.66. The highest BCUT2D eigenvalue weighted by atomic mass is 16.2. The minimum atomic E-state index is 0.299. The van der Waals surface area contributed by atoms with Crippen molar-refractivity contribution in [1.29, 1.82) is 0 Å². The Morgan fingerprint density at radius 1 is 1.21 bits per heavy atom. The van der Waals surface area contributed by atoms with Gasteiger partial charge in [-0.25, -0.2) is 0 Å². The van der Waals surface area contributed by atoms with Gasteiger partial charge in [0.1, 0.15) is 0 Å². The molecule has 0 saturated heterocycles. The third kappa shape index (κ3) is 3.38. The van der Waals surface area contributed by atoms with Crippen molar-refractivity contribution in [2.75, 3.05) is 25.6 Å². The average Bonchev–Trinajstić information content (AvgIpc) is 2.19. The zero-order valence-corrected chi connectivity index (χ0v) is 9.03. The maximum absolute atomic E-state index is 8.68. The molecule has 0 saturated carbocycles. The molecule has 0 atom stereocenters. The monoisotopic (exact) mass is 193 g/mol. The first-order valence-electron chi connectivity index (χ1n) is 5.11. The van der Waals surface area contributed by atoms with Gasteiger partial charge in [0, 0.05) is 26.4 Å². The summed E-state index contributed by atoms with van der Waals surface area (Å²) in [6, 6.07) is 8.54. The molecule has 0 aliphatic rings. The highest BCUT2D eigenvalue weighted by Crippen LogP contribution is 2.14. The van der Waals surface area contributed by atoms with Crippen LogP contribution in [0.2, 0.25) is 0 Å². The molecule has 0 aliphatic heterocycles. The van der Waals surface area contributed by atoms with Crippen LogP contribution in [0.25, 0.3) is 0 Å². The summed E-state index contributed by atoms with van der Waals surface area (Å²) in [5, 5.41) is 8.68. The van der Waals surface area contributed by atoms with E-state index in [4.69, 9.17) is 5.11 Å². The number of nitrogens with zero attached hydrogens (tertiary/aromatic N) is 1. The van der Waals surface area contributed by atoms with Crippen molar-refractivity contribution < 1.29 is 5.11 Å². The molecule has 0 fully saturated rings. The van der Waals surface area contributed by atoms with Crippen LogP contribution in [0.5, 0.6) is 0 Å². The lowest BCUT2D eigenvalue weighted by molar-refractivity contribution is 0.284. The van der Waals surface area contributed by atoms with Crippen LogP contribution in [-0.4, -0.2) is 25.8 Å². The Balaban J connectivity index is 2.55. The molecule has 1 aromatic rings. The Morgan fingerprint density at radius 2 is 2.00 bits per heavy atom. The van der Waals surface area contributed by atoms with Crippen LogP contribution in [-0.2, 0) is 6.42 Å². The molecule has 2 nitrogen and oxygen atoms in total. The standard InChI is InChI=1S/C12H19NO/c1-13(2)12-8-5-7-11(10-12)6-3-4-9-14/h5,7-8,10,14H,3-4,6,9H2,1-2H3. The zero-order chi connectivity index (χ0) is 10.4. The van der Waals surface area contributed by atoms with Gasteiger partial charge in [-0.15, -0.1) is 0 Å². The number of aliphatic hydroxyl groups is 1. The summed E-state index contributed by atoms with van der Waals surface area (Å²) < 4.78 is 0. The van der Waals surface area contributed by atoms with E-state index in [1.165, 1.54) is 11.3 Å². The van der Waals surface area contributed by atoms with Crippen LogP contribution < -0.4 is 4.90 Å². The lowest BCUT2D eigenvalue weighted by Gasteiger charge is -2.13. The van der Waals surface area contributed by atoms with Crippen LogP contribution in [0.3, 0.4) is 0 Å². The van der Waals surface area contributed by atoms with E-state index in [2.05, 4.69) is 29.2 Å². The van der Waals surface area contributed by atoms with Crippen molar-refractivity contribution >= 4 is 5.69 Å². The quantitative estimate of drug-likeness (QED) is 0.724. The Hall–Kier alpha value is -1.02. The lowest BCUT2D eigenvalue weighted by Crippen LogP contribution is -2.08. The molecule has 2 heteroatoms. The van der Waals surface area contributed by atoms with Gasteiger partial charge in [-0.2, -0.15) is 0 Å². The molecule has 1 rings (SSSR count). The van der Waals surface area contributed by atoms with E-state index in [1.807, 2.05) is 14.1 Å². The van der Waals surface area contributed by atoms with E-state index in [0.717, 1.165) is 19.3 Å². The van der Waals surface area contributed by atoms with Crippen LogP contribution >= 0.6 is 0 Å². The van der Waals surface area contributed by atoms with Gasteiger partial charge < -0.3 is 10.0 Å². The highest BCUT2D eigenvalue weighted by Gasteiger charge is 1.97. The molecule has 0 heterocycles. The molecule has 14 heavy (non-hydrogen) atoms. The smallest absolute Gasteiger partial charge is 0.0431 e.